The molecule has 2 rings (SSSR count). The highest BCUT2D eigenvalue weighted by Gasteiger charge is 2.39. The van der Waals surface area contributed by atoms with Crippen LogP contribution in [0.5, 0.6) is 11.5 Å². The van der Waals surface area contributed by atoms with Crippen molar-refractivity contribution in [2.45, 2.75) is 77.1 Å². The van der Waals surface area contributed by atoms with Crippen LogP contribution in [0.3, 0.4) is 0 Å². The Morgan fingerprint density at radius 2 is 0.923 bits per heavy atom. The lowest BCUT2D eigenvalue weighted by Gasteiger charge is -2.38. The predicted molar refractivity (Wildman–Crippen MR) is 160 cm³/mol. The maximum absolute atomic E-state index is 10.8. The maximum atomic E-state index is 10.8. The number of ether oxygens (including phenoxy) is 2. The van der Waals surface area contributed by atoms with Crippen LogP contribution in [0.15, 0.2) is 48.5 Å². The van der Waals surface area contributed by atoms with E-state index >= 15 is 0 Å². The van der Waals surface area contributed by atoms with Gasteiger partial charge in [0.1, 0.15) is 11.5 Å². The largest absolute Gasteiger partial charge is 0.494 e. The summed E-state index contributed by atoms with van der Waals surface area (Å²) in [5, 5.41) is 21.5. The smallest absolute Gasteiger partial charge is 0.311 e. The minimum atomic E-state index is -2.29. The third-order valence-corrected chi connectivity index (χ3v) is 17.5. The van der Waals surface area contributed by atoms with Crippen molar-refractivity contribution in [1.82, 2.24) is 0 Å². The fraction of sp³-hybridized carbons (Fsp3) is 0.538. The third kappa shape index (κ3) is 12.9. The van der Waals surface area contributed by atoms with Crippen molar-refractivity contribution >= 4 is 36.6 Å². The number of nitrogens with zero attached hydrogens (tertiary/aromatic N) is 2. The molecule has 13 heteroatoms. The first-order valence-electron chi connectivity index (χ1n) is 13.3. The van der Waals surface area contributed by atoms with Gasteiger partial charge in [-0.15, -0.1) is 0 Å². The monoisotopic (exact) mass is 594 g/mol. The van der Waals surface area contributed by atoms with Gasteiger partial charge < -0.3 is 17.7 Å². The SMILES string of the molecule is C[Si](C)(CCCCOc1ccc([N+](=O)[O-])cc1)O[Si](C)(C)O[Si](C)(C)CCCCOc1ccc([N+](=O)[O-])cc1. The molecule has 2 aromatic carbocycles. The van der Waals surface area contributed by atoms with Crippen molar-refractivity contribution < 1.29 is 27.6 Å². The first kappa shape index (κ1) is 32.6. The molecular weight excluding hydrogens is 553 g/mol. The lowest BCUT2D eigenvalue weighted by Crippen LogP contribution is -2.52. The normalized spacial score (nSPS) is 12.3. The second-order valence-corrected chi connectivity index (χ2v) is 23.7. The van der Waals surface area contributed by atoms with E-state index in [4.69, 9.17) is 17.7 Å². The summed E-state index contributed by atoms with van der Waals surface area (Å²) in [7, 11) is -6.12. The van der Waals surface area contributed by atoms with Crippen LogP contribution in [-0.4, -0.2) is 48.3 Å². The number of unbranched alkanes of at least 4 members (excludes halogenated alkanes) is 2. The summed E-state index contributed by atoms with van der Waals surface area (Å²) < 4.78 is 24.8. The second kappa shape index (κ2) is 14.7. The van der Waals surface area contributed by atoms with Gasteiger partial charge in [0.05, 0.1) is 23.1 Å². The molecule has 0 aliphatic rings. The molecule has 39 heavy (non-hydrogen) atoms. The molecule has 0 N–H and O–H groups in total. The van der Waals surface area contributed by atoms with Crippen molar-refractivity contribution in [3.63, 3.8) is 0 Å². The van der Waals surface area contributed by atoms with Gasteiger partial charge in [0.25, 0.3) is 11.4 Å². The van der Waals surface area contributed by atoms with E-state index in [1.54, 1.807) is 24.3 Å². The highest BCUT2D eigenvalue weighted by atomic mass is 28.5. The second-order valence-electron chi connectivity index (χ2n) is 11.2. The summed E-state index contributed by atoms with van der Waals surface area (Å²) >= 11 is 0. The van der Waals surface area contributed by atoms with Gasteiger partial charge in [-0.2, -0.15) is 0 Å². The van der Waals surface area contributed by atoms with Crippen molar-refractivity contribution in [2.24, 2.45) is 0 Å². The van der Waals surface area contributed by atoms with Crippen molar-refractivity contribution in [3.8, 4) is 11.5 Å². The topological polar surface area (TPSA) is 123 Å². The average Bonchev–Trinajstić information content (AvgIpc) is 2.82. The molecule has 0 atom stereocenters. The number of hydrogen-bond donors (Lipinski definition) is 0. The minimum absolute atomic E-state index is 0.0567. The Morgan fingerprint density at radius 3 is 1.23 bits per heavy atom. The van der Waals surface area contributed by atoms with Crippen molar-refractivity contribution in [3.05, 3.63) is 68.8 Å². The maximum Gasteiger partial charge on any atom is 0.311 e. The lowest BCUT2D eigenvalue weighted by atomic mass is 10.3. The third-order valence-electron chi connectivity index (χ3n) is 6.02. The molecule has 216 valence electrons. The van der Waals surface area contributed by atoms with Crippen LogP contribution < -0.4 is 9.47 Å². The van der Waals surface area contributed by atoms with Crippen molar-refractivity contribution in [2.75, 3.05) is 13.2 Å². The molecule has 0 radical (unpaired) electrons. The Hall–Kier alpha value is -2.59. The predicted octanol–water partition coefficient (Wildman–Crippen LogP) is 7.67. The fourth-order valence-corrected chi connectivity index (χ4v) is 18.7. The van der Waals surface area contributed by atoms with E-state index in [2.05, 4.69) is 39.3 Å². The van der Waals surface area contributed by atoms with E-state index < -0.39 is 35.0 Å². The average molecular weight is 595 g/mol. The zero-order valence-electron chi connectivity index (χ0n) is 23.9. The van der Waals surface area contributed by atoms with Gasteiger partial charge in [-0.3, -0.25) is 20.2 Å². The van der Waals surface area contributed by atoms with E-state index in [1.807, 2.05) is 0 Å². The number of hydrogen-bond acceptors (Lipinski definition) is 8. The van der Waals surface area contributed by atoms with Crippen LogP contribution in [0.25, 0.3) is 0 Å². The Kier molecular flexibility index (Phi) is 12.3. The van der Waals surface area contributed by atoms with Crippen LogP contribution in [0.4, 0.5) is 11.4 Å². The number of non-ortho nitro benzene ring substituents is 2. The van der Waals surface area contributed by atoms with E-state index in [9.17, 15) is 20.2 Å². The van der Waals surface area contributed by atoms with Gasteiger partial charge in [0.2, 0.25) is 0 Å². The highest BCUT2D eigenvalue weighted by molar-refractivity contribution is 6.87. The number of rotatable bonds is 18. The molecule has 0 aliphatic carbocycles. The number of benzene rings is 2. The zero-order valence-corrected chi connectivity index (χ0v) is 26.9. The molecule has 2 aromatic rings. The van der Waals surface area contributed by atoms with Crippen LogP contribution >= 0.6 is 0 Å². The van der Waals surface area contributed by atoms with Gasteiger partial charge >= 0.3 is 8.56 Å². The zero-order chi connectivity index (χ0) is 29.1. The molecule has 0 bridgehead atoms. The van der Waals surface area contributed by atoms with Gasteiger partial charge in [-0.1, -0.05) is 12.8 Å². The molecule has 0 aromatic heterocycles. The Labute approximate surface area is 234 Å². The van der Waals surface area contributed by atoms with E-state index in [0.29, 0.717) is 24.7 Å². The summed E-state index contributed by atoms with van der Waals surface area (Å²) in [4.78, 5) is 20.7. The van der Waals surface area contributed by atoms with E-state index in [0.717, 1.165) is 37.8 Å². The quantitative estimate of drug-likeness (QED) is 0.0745. The highest BCUT2D eigenvalue weighted by Crippen LogP contribution is 2.27. The Morgan fingerprint density at radius 1 is 0.590 bits per heavy atom. The standard InChI is InChI=1S/C26H42N2O8Si3/c1-37(2,21-9-7-19-33-25-15-11-23(12-16-25)27(29)30)35-39(5,6)36-38(3,4)22-10-8-20-34-26-17-13-24(14-18-26)28(31)32/h11-18H,7-10,19-22H2,1-6H3. The summed E-state index contributed by atoms with van der Waals surface area (Å²) in [6.45, 7) is 14.4. The Balaban J connectivity index is 1.66. The number of nitro groups is 2. The number of nitro benzene ring substituents is 2. The molecule has 0 amide bonds. The van der Waals surface area contributed by atoms with Gasteiger partial charge in [-0.05, 0) is 88.5 Å². The van der Waals surface area contributed by atoms with E-state index in [1.165, 1.54) is 24.3 Å². The molecule has 0 fully saturated rings. The minimum Gasteiger partial charge on any atom is -0.494 e. The first-order chi connectivity index (χ1) is 18.2. The summed E-state index contributed by atoms with van der Waals surface area (Å²) in [6.07, 6.45) is 3.77. The molecule has 0 heterocycles. The molecule has 0 unspecified atom stereocenters. The van der Waals surface area contributed by atoms with Crippen LogP contribution in [0, 0.1) is 20.2 Å². The lowest BCUT2D eigenvalue weighted by molar-refractivity contribution is -0.385. The van der Waals surface area contributed by atoms with Gasteiger partial charge in [-0.25, -0.2) is 0 Å². The van der Waals surface area contributed by atoms with Gasteiger partial charge in [0.15, 0.2) is 16.6 Å². The molecule has 0 spiro atoms. The van der Waals surface area contributed by atoms with Gasteiger partial charge in [0, 0.05) is 24.3 Å². The molecule has 0 saturated carbocycles. The molecular formula is C26H42N2O8Si3. The van der Waals surface area contributed by atoms with Crippen molar-refractivity contribution in [1.29, 1.82) is 0 Å². The van der Waals surface area contributed by atoms with E-state index in [-0.39, 0.29) is 11.4 Å². The summed E-state index contributed by atoms with van der Waals surface area (Å²) in [5.74, 6) is 1.28. The van der Waals surface area contributed by atoms with Crippen LogP contribution in [-0.2, 0) is 8.23 Å². The Bertz CT molecular complexity index is 980. The molecule has 10 nitrogen and oxygen atoms in total. The van der Waals surface area contributed by atoms with Crippen LogP contribution in [0.1, 0.15) is 25.7 Å². The fourth-order valence-electron chi connectivity index (χ4n) is 4.47. The molecule has 0 aliphatic heterocycles. The first-order valence-corrected chi connectivity index (χ1v) is 22.4. The summed E-state index contributed by atoms with van der Waals surface area (Å²) in [5.41, 5.74) is 0.113. The molecule has 0 saturated heterocycles. The van der Waals surface area contributed by atoms with Crippen LogP contribution in [0.2, 0.25) is 51.4 Å². The summed E-state index contributed by atoms with van der Waals surface area (Å²) in [6, 6.07) is 14.3.